The quantitative estimate of drug-likeness (QED) is 0.126. The predicted octanol–water partition coefficient (Wildman–Crippen LogP) is -3.77. The van der Waals surface area contributed by atoms with E-state index in [-0.39, 0.29) is 6.42 Å². The number of carbonyl (C=O) groups excluding carboxylic acids is 5. The third kappa shape index (κ3) is 10.2. The van der Waals surface area contributed by atoms with Crippen LogP contribution in [0.4, 0.5) is 0 Å². The van der Waals surface area contributed by atoms with Gasteiger partial charge in [0.15, 0.2) is 0 Å². The Morgan fingerprint density at radius 2 is 1.26 bits per heavy atom. The van der Waals surface area contributed by atoms with Gasteiger partial charge in [-0.1, -0.05) is 30.3 Å². The van der Waals surface area contributed by atoms with Crippen LogP contribution >= 0.6 is 0 Å². The van der Waals surface area contributed by atoms with Crippen LogP contribution in [0.25, 0.3) is 0 Å². The van der Waals surface area contributed by atoms with E-state index in [0.717, 1.165) is 0 Å². The molecule has 0 aliphatic heterocycles. The number of primary amides is 2. The van der Waals surface area contributed by atoms with Crippen molar-refractivity contribution in [3.63, 3.8) is 0 Å². The third-order valence-corrected chi connectivity index (χ3v) is 4.80. The van der Waals surface area contributed by atoms with Crippen molar-refractivity contribution in [2.75, 3.05) is 0 Å². The Morgan fingerprint density at radius 1 is 0.800 bits per heavy atom. The van der Waals surface area contributed by atoms with Crippen LogP contribution < -0.4 is 33.2 Å². The van der Waals surface area contributed by atoms with Crippen LogP contribution in [0.3, 0.4) is 0 Å². The maximum Gasteiger partial charge on any atom is 0.326 e. The van der Waals surface area contributed by atoms with Gasteiger partial charge >= 0.3 is 5.97 Å². The molecular formula is C21H30N6O8. The van der Waals surface area contributed by atoms with Gasteiger partial charge in [-0.25, -0.2) is 4.79 Å². The Kier molecular flexibility index (Phi) is 11.3. The second-order valence-electron chi connectivity index (χ2n) is 7.82. The number of nitrogens with two attached hydrogens (primary N) is 3. The molecule has 0 bridgehead atoms. The number of amides is 5. The van der Waals surface area contributed by atoms with E-state index in [0.29, 0.717) is 5.56 Å². The fraction of sp³-hybridized carbons (Fsp3) is 0.429. The van der Waals surface area contributed by atoms with Gasteiger partial charge in [-0.15, -0.1) is 0 Å². The Morgan fingerprint density at radius 3 is 1.74 bits per heavy atom. The van der Waals surface area contributed by atoms with Crippen molar-refractivity contribution in [3.05, 3.63) is 35.9 Å². The number of aliphatic carboxylic acids is 1. The predicted molar refractivity (Wildman–Crippen MR) is 121 cm³/mol. The van der Waals surface area contributed by atoms with Crippen LogP contribution in [0.1, 0.15) is 25.3 Å². The number of carboxylic acids is 1. The van der Waals surface area contributed by atoms with Crippen molar-refractivity contribution in [2.45, 2.75) is 56.5 Å². The molecule has 0 heterocycles. The van der Waals surface area contributed by atoms with Crippen molar-refractivity contribution < 1.29 is 39.0 Å². The lowest BCUT2D eigenvalue weighted by Gasteiger charge is -2.25. The van der Waals surface area contributed by atoms with Gasteiger partial charge < -0.3 is 43.4 Å². The Hall–Kier alpha value is -4.04. The minimum absolute atomic E-state index is 0.105. The van der Waals surface area contributed by atoms with E-state index >= 15 is 0 Å². The first-order chi connectivity index (χ1) is 16.3. The fourth-order valence-corrected chi connectivity index (χ4v) is 2.90. The molecule has 0 fully saturated rings. The van der Waals surface area contributed by atoms with Crippen molar-refractivity contribution in [3.8, 4) is 0 Å². The summed E-state index contributed by atoms with van der Waals surface area (Å²) in [5, 5.41) is 25.4. The summed E-state index contributed by atoms with van der Waals surface area (Å²) in [6.07, 6.45) is -2.71. The lowest BCUT2D eigenvalue weighted by Crippen LogP contribution is -2.59. The maximum atomic E-state index is 12.9. The molecule has 5 amide bonds. The number of benzene rings is 1. The van der Waals surface area contributed by atoms with E-state index in [1.54, 1.807) is 30.3 Å². The monoisotopic (exact) mass is 494 g/mol. The first-order valence-electron chi connectivity index (χ1n) is 10.5. The van der Waals surface area contributed by atoms with E-state index in [2.05, 4.69) is 16.0 Å². The molecule has 192 valence electrons. The standard InChI is InChI=1S/C21H30N6O8/c1-10(28)17(24)20(33)26-13(8-15(22)29)19(32)25-12(7-11-5-3-2-4-6-11)18(31)27-14(21(34)35)9-16(23)30/h2-6,10,12-14,17,28H,7-9,24H2,1H3,(H2,22,29)(H2,23,30)(H,25,32)(H,26,33)(H,27,31)(H,34,35). The highest BCUT2D eigenvalue weighted by atomic mass is 16.4. The van der Waals surface area contributed by atoms with E-state index in [1.165, 1.54) is 6.92 Å². The SMILES string of the molecule is CC(O)C(N)C(=O)NC(CC(N)=O)C(=O)NC(Cc1ccccc1)C(=O)NC(CC(N)=O)C(=O)O. The number of aliphatic hydroxyl groups excluding tert-OH is 1. The van der Waals surface area contributed by atoms with Crippen LogP contribution in [0.15, 0.2) is 30.3 Å². The molecule has 0 aliphatic carbocycles. The van der Waals surface area contributed by atoms with Gasteiger partial charge in [-0.05, 0) is 12.5 Å². The number of nitrogens with one attached hydrogen (secondary N) is 3. The lowest BCUT2D eigenvalue weighted by atomic mass is 10.0. The van der Waals surface area contributed by atoms with E-state index < -0.39 is 78.6 Å². The van der Waals surface area contributed by atoms with Gasteiger partial charge in [0.1, 0.15) is 24.2 Å². The number of rotatable bonds is 14. The zero-order valence-corrected chi connectivity index (χ0v) is 19.0. The van der Waals surface area contributed by atoms with E-state index in [9.17, 15) is 39.0 Å². The lowest BCUT2D eigenvalue weighted by molar-refractivity contribution is -0.143. The molecule has 5 unspecified atom stereocenters. The van der Waals surface area contributed by atoms with Crippen molar-refractivity contribution in [1.82, 2.24) is 16.0 Å². The summed E-state index contributed by atoms with van der Waals surface area (Å²) in [6, 6.07) is 2.37. The summed E-state index contributed by atoms with van der Waals surface area (Å²) >= 11 is 0. The number of carboxylic acid groups (broad SMARTS) is 1. The zero-order chi connectivity index (χ0) is 26.7. The van der Waals surface area contributed by atoms with Crippen molar-refractivity contribution >= 4 is 35.5 Å². The molecule has 0 aromatic heterocycles. The van der Waals surface area contributed by atoms with Crippen LogP contribution in [-0.4, -0.2) is 76.0 Å². The summed E-state index contributed by atoms with van der Waals surface area (Å²) in [5.74, 6) is -6.34. The molecule has 0 aliphatic rings. The molecular weight excluding hydrogens is 464 g/mol. The summed E-state index contributed by atoms with van der Waals surface area (Å²) in [7, 11) is 0. The highest BCUT2D eigenvalue weighted by Crippen LogP contribution is 2.06. The molecule has 0 spiro atoms. The highest BCUT2D eigenvalue weighted by Gasteiger charge is 2.32. The molecule has 1 aromatic carbocycles. The number of aliphatic hydroxyl groups is 1. The first kappa shape index (κ1) is 29.0. The molecule has 14 nitrogen and oxygen atoms in total. The zero-order valence-electron chi connectivity index (χ0n) is 19.0. The van der Waals surface area contributed by atoms with E-state index in [4.69, 9.17) is 17.2 Å². The van der Waals surface area contributed by atoms with Gasteiger partial charge in [-0.3, -0.25) is 24.0 Å². The molecule has 0 saturated carbocycles. The van der Waals surface area contributed by atoms with Crippen LogP contribution in [0.5, 0.6) is 0 Å². The molecule has 14 heteroatoms. The highest BCUT2D eigenvalue weighted by molar-refractivity contribution is 5.96. The smallest absolute Gasteiger partial charge is 0.326 e. The molecule has 1 rings (SSSR count). The van der Waals surface area contributed by atoms with Gasteiger partial charge in [-0.2, -0.15) is 0 Å². The molecule has 0 saturated heterocycles. The minimum Gasteiger partial charge on any atom is -0.480 e. The fourth-order valence-electron chi connectivity index (χ4n) is 2.90. The normalized spacial score (nSPS) is 14.9. The Bertz CT molecular complexity index is 939. The second kappa shape index (κ2) is 13.6. The molecule has 11 N–H and O–H groups in total. The average Bonchev–Trinajstić information content (AvgIpc) is 2.76. The molecule has 35 heavy (non-hydrogen) atoms. The van der Waals surface area contributed by atoms with E-state index in [1.807, 2.05) is 0 Å². The summed E-state index contributed by atoms with van der Waals surface area (Å²) in [6.45, 7) is 1.25. The number of carbonyl (C=O) groups is 6. The maximum absolute atomic E-state index is 12.9. The Balaban J connectivity index is 3.15. The van der Waals surface area contributed by atoms with Crippen LogP contribution in [0, 0.1) is 0 Å². The van der Waals surface area contributed by atoms with Crippen molar-refractivity contribution in [2.24, 2.45) is 17.2 Å². The first-order valence-corrected chi connectivity index (χ1v) is 10.5. The van der Waals surface area contributed by atoms with Gasteiger partial charge in [0, 0.05) is 6.42 Å². The average molecular weight is 495 g/mol. The minimum atomic E-state index is -1.65. The van der Waals surface area contributed by atoms with Gasteiger partial charge in [0.25, 0.3) is 0 Å². The summed E-state index contributed by atoms with van der Waals surface area (Å²) in [5.41, 5.74) is 16.3. The van der Waals surface area contributed by atoms with Crippen molar-refractivity contribution in [1.29, 1.82) is 0 Å². The summed E-state index contributed by atoms with van der Waals surface area (Å²) in [4.78, 5) is 72.0. The number of hydrogen-bond acceptors (Lipinski definition) is 8. The van der Waals surface area contributed by atoms with Gasteiger partial charge in [0.2, 0.25) is 29.5 Å². The third-order valence-electron chi connectivity index (χ3n) is 4.80. The van der Waals surface area contributed by atoms with Crippen LogP contribution in [-0.2, 0) is 35.2 Å². The molecule has 1 aromatic rings. The Labute approximate surface area is 200 Å². The van der Waals surface area contributed by atoms with Crippen LogP contribution in [0.2, 0.25) is 0 Å². The molecule has 0 radical (unpaired) electrons. The summed E-state index contributed by atoms with van der Waals surface area (Å²) < 4.78 is 0. The number of hydrogen-bond donors (Lipinski definition) is 8. The largest absolute Gasteiger partial charge is 0.480 e. The second-order valence-corrected chi connectivity index (χ2v) is 7.82. The molecule has 5 atom stereocenters. The topological polar surface area (TPSA) is 257 Å². The van der Waals surface area contributed by atoms with Gasteiger partial charge in [0.05, 0.1) is 18.9 Å².